The Kier molecular flexibility index (Phi) is 7.12. The van der Waals surface area contributed by atoms with Crippen LogP contribution in [-0.4, -0.2) is 39.4 Å². The van der Waals surface area contributed by atoms with Crippen LogP contribution in [0.4, 0.5) is 5.69 Å². The predicted molar refractivity (Wildman–Crippen MR) is 120 cm³/mol. The molecule has 2 N–H and O–H groups in total. The van der Waals surface area contributed by atoms with E-state index in [9.17, 15) is 18.0 Å². The summed E-state index contributed by atoms with van der Waals surface area (Å²) in [6.07, 6.45) is 1.78. The summed E-state index contributed by atoms with van der Waals surface area (Å²) in [6.45, 7) is 5.78. The van der Waals surface area contributed by atoms with E-state index in [1.54, 1.807) is 30.9 Å². The molecule has 2 aromatic carbocycles. The minimum Gasteiger partial charge on any atom is -0.346 e. The van der Waals surface area contributed by atoms with Crippen LogP contribution in [0.25, 0.3) is 0 Å². The van der Waals surface area contributed by atoms with Gasteiger partial charge in [0.05, 0.1) is 11.4 Å². The molecular weight excluding hydrogens is 414 g/mol. The van der Waals surface area contributed by atoms with Gasteiger partial charge in [-0.15, -0.1) is 0 Å². The van der Waals surface area contributed by atoms with Crippen molar-refractivity contribution in [2.24, 2.45) is 5.92 Å². The number of carbonyl (C=O) groups is 2. The molecule has 8 heteroatoms. The van der Waals surface area contributed by atoms with E-state index in [1.807, 2.05) is 31.2 Å². The number of sulfonamides is 1. The molecule has 1 aliphatic heterocycles. The van der Waals surface area contributed by atoms with Crippen molar-refractivity contribution < 1.29 is 18.0 Å². The molecule has 0 saturated heterocycles. The Hall–Kier alpha value is -2.71. The average Bonchev–Trinajstić information content (AvgIpc) is 2.75. The highest BCUT2D eigenvalue weighted by atomic mass is 32.2. The lowest BCUT2D eigenvalue weighted by Crippen LogP contribution is -2.52. The lowest BCUT2D eigenvalue weighted by molar-refractivity contribution is -0.126. The van der Waals surface area contributed by atoms with Gasteiger partial charge in [0.2, 0.25) is 21.8 Å². The van der Waals surface area contributed by atoms with Gasteiger partial charge in [0.25, 0.3) is 0 Å². The summed E-state index contributed by atoms with van der Waals surface area (Å²) < 4.78 is 27.9. The van der Waals surface area contributed by atoms with Crippen LogP contribution in [0.5, 0.6) is 0 Å². The number of rotatable bonds is 7. The summed E-state index contributed by atoms with van der Waals surface area (Å²) in [6, 6.07) is 13.2. The Morgan fingerprint density at radius 2 is 1.74 bits per heavy atom. The number of fused-ring (bicyclic) bond motifs is 1. The first-order chi connectivity index (χ1) is 14.7. The molecule has 2 amide bonds. The number of aryl methyl sites for hydroxylation is 2. The van der Waals surface area contributed by atoms with Gasteiger partial charge in [-0.25, -0.2) is 8.42 Å². The van der Waals surface area contributed by atoms with Gasteiger partial charge in [0.15, 0.2) is 0 Å². The fourth-order valence-corrected chi connectivity index (χ4v) is 4.95. The van der Waals surface area contributed by atoms with E-state index in [0.717, 1.165) is 29.7 Å². The van der Waals surface area contributed by atoms with Crippen LogP contribution in [0.1, 0.15) is 31.4 Å². The highest BCUT2D eigenvalue weighted by Crippen LogP contribution is 2.26. The van der Waals surface area contributed by atoms with E-state index in [-0.39, 0.29) is 23.3 Å². The van der Waals surface area contributed by atoms with Crippen molar-refractivity contribution >= 4 is 27.5 Å². The molecule has 31 heavy (non-hydrogen) atoms. The van der Waals surface area contributed by atoms with E-state index in [1.165, 1.54) is 12.1 Å². The lowest BCUT2D eigenvalue weighted by Gasteiger charge is -2.30. The third-order valence-corrected chi connectivity index (χ3v) is 6.84. The van der Waals surface area contributed by atoms with E-state index in [2.05, 4.69) is 10.0 Å². The van der Waals surface area contributed by atoms with Gasteiger partial charge in [-0.05, 0) is 49.4 Å². The van der Waals surface area contributed by atoms with Crippen LogP contribution >= 0.6 is 0 Å². The topological polar surface area (TPSA) is 95.6 Å². The molecule has 2 aromatic rings. The first-order valence-electron chi connectivity index (χ1n) is 10.4. The summed E-state index contributed by atoms with van der Waals surface area (Å²) in [4.78, 5) is 27.3. The van der Waals surface area contributed by atoms with Gasteiger partial charge >= 0.3 is 0 Å². The number of hydrogen-bond acceptors (Lipinski definition) is 4. The first-order valence-corrected chi connectivity index (χ1v) is 11.9. The minimum atomic E-state index is -3.87. The van der Waals surface area contributed by atoms with Crippen molar-refractivity contribution in [3.8, 4) is 0 Å². The van der Waals surface area contributed by atoms with Crippen molar-refractivity contribution in [2.45, 2.75) is 44.6 Å². The summed E-state index contributed by atoms with van der Waals surface area (Å²) in [7, 11) is -3.87. The third-order valence-electron chi connectivity index (χ3n) is 5.39. The Labute approximate surface area is 183 Å². The molecule has 0 saturated carbocycles. The maximum atomic E-state index is 12.8. The monoisotopic (exact) mass is 443 g/mol. The molecule has 0 aliphatic carbocycles. The summed E-state index contributed by atoms with van der Waals surface area (Å²) in [5.74, 6) is -1.04. The first kappa shape index (κ1) is 23.0. The van der Waals surface area contributed by atoms with Crippen molar-refractivity contribution in [3.05, 3.63) is 59.7 Å². The second-order valence-corrected chi connectivity index (χ2v) is 9.87. The molecule has 3 rings (SSSR count). The largest absolute Gasteiger partial charge is 0.346 e. The Balaban J connectivity index is 1.66. The maximum absolute atomic E-state index is 12.8. The van der Waals surface area contributed by atoms with E-state index < -0.39 is 22.0 Å². The van der Waals surface area contributed by atoms with Crippen LogP contribution < -0.4 is 14.9 Å². The zero-order valence-electron chi connectivity index (χ0n) is 18.1. The molecule has 0 spiro atoms. The molecule has 1 atom stereocenters. The number of benzene rings is 2. The zero-order chi connectivity index (χ0) is 22.6. The molecule has 7 nitrogen and oxygen atoms in total. The molecule has 166 valence electrons. The number of carbonyl (C=O) groups excluding carboxylic acids is 2. The Morgan fingerprint density at radius 3 is 2.42 bits per heavy atom. The van der Waals surface area contributed by atoms with Crippen molar-refractivity contribution in [1.29, 1.82) is 0 Å². The Bertz CT molecular complexity index is 1050. The zero-order valence-corrected chi connectivity index (χ0v) is 18.9. The SMILES string of the molecule is Cc1ccc(S(=O)(=O)NC(C(=O)NCC(=O)N2CCCc3ccccc32)C(C)C)cc1. The van der Waals surface area contributed by atoms with Gasteiger partial charge < -0.3 is 10.2 Å². The highest BCUT2D eigenvalue weighted by molar-refractivity contribution is 7.89. The number of anilines is 1. The summed E-state index contributed by atoms with van der Waals surface area (Å²) in [5.41, 5.74) is 2.92. The van der Waals surface area contributed by atoms with Gasteiger partial charge in [-0.1, -0.05) is 49.7 Å². The Morgan fingerprint density at radius 1 is 1.06 bits per heavy atom. The fraction of sp³-hybridized carbons (Fsp3) is 0.391. The molecule has 0 radical (unpaired) electrons. The fourth-order valence-electron chi connectivity index (χ4n) is 3.61. The molecule has 0 bridgehead atoms. The summed E-state index contributed by atoms with van der Waals surface area (Å²) >= 11 is 0. The molecule has 0 aromatic heterocycles. The maximum Gasteiger partial charge on any atom is 0.246 e. The van der Waals surface area contributed by atoms with Crippen molar-refractivity contribution in [3.63, 3.8) is 0 Å². The lowest BCUT2D eigenvalue weighted by atomic mass is 10.0. The van der Waals surface area contributed by atoms with Crippen LogP contribution in [0.3, 0.4) is 0 Å². The summed E-state index contributed by atoms with van der Waals surface area (Å²) in [5, 5.41) is 2.62. The normalized spacial score (nSPS) is 14.8. The van der Waals surface area contributed by atoms with Crippen LogP contribution in [0, 0.1) is 12.8 Å². The highest BCUT2D eigenvalue weighted by Gasteiger charge is 2.29. The number of para-hydroxylation sites is 1. The minimum absolute atomic E-state index is 0.0950. The van der Waals surface area contributed by atoms with Crippen LogP contribution in [-0.2, 0) is 26.0 Å². The standard InChI is InChI=1S/C23H29N3O4S/c1-16(2)22(25-31(29,30)19-12-10-17(3)11-13-19)23(28)24-15-21(27)26-14-6-8-18-7-4-5-9-20(18)26/h4-5,7,9-13,16,22,25H,6,8,14-15H2,1-3H3,(H,24,28). The van der Waals surface area contributed by atoms with Crippen molar-refractivity contribution in [1.82, 2.24) is 10.0 Å². The number of nitrogens with zero attached hydrogens (tertiary/aromatic N) is 1. The number of amides is 2. The van der Waals surface area contributed by atoms with Gasteiger partial charge in [-0.3, -0.25) is 9.59 Å². The molecular formula is C23H29N3O4S. The molecule has 0 fully saturated rings. The second-order valence-electron chi connectivity index (χ2n) is 8.15. The average molecular weight is 444 g/mol. The van der Waals surface area contributed by atoms with Crippen molar-refractivity contribution in [2.75, 3.05) is 18.0 Å². The smallest absolute Gasteiger partial charge is 0.246 e. The molecule has 1 unspecified atom stereocenters. The second kappa shape index (κ2) is 9.62. The number of nitrogens with one attached hydrogen (secondary N) is 2. The van der Waals surface area contributed by atoms with Crippen LogP contribution in [0.15, 0.2) is 53.4 Å². The van der Waals surface area contributed by atoms with Gasteiger partial charge in [-0.2, -0.15) is 4.72 Å². The predicted octanol–water partition coefficient (Wildman–Crippen LogP) is 2.39. The van der Waals surface area contributed by atoms with E-state index in [4.69, 9.17) is 0 Å². The van der Waals surface area contributed by atoms with E-state index >= 15 is 0 Å². The van der Waals surface area contributed by atoms with Gasteiger partial charge in [0.1, 0.15) is 6.04 Å². The number of hydrogen-bond donors (Lipinski definition) is 2. The molecule has 1 heterocycles. The van der Waals surface area contributed by atoms with Crippen LogP contribution in [0.2, 0.25) is 0 Å². The van der Waals surface area contributed by atoms with E-state index in [0.29, 0.717) is 6.54 Å². The molecule has 1 aliphatic rings. The quantitative estimate of drug-likeness (QED) is 0.687. The van der Waals surface area contributed by atoms with Gasteiger partial charge in [0, 0.05) is 12.2 Å². The third kappa shape index (κ3) is 5.51.